The summed E-state index contributed by atoms with van der Waals surface area (Å²) in [7, 11) is 0. The molecule has 4 rings (SSSR count). The van der Waals surface area contributed by atoms with Gasteiger partial charge < -0.3 is 10.2 Å². The molecule has 2 fully saturated rings. The van der Waals surface area contributed by atoms with E-state index in [4.69, 9.17) is 4.98 Å². The van der Waals surface area contributed by atoms with E-state index < -0.39 is 0 Å². The number of para-hydroxylation sites is 1. The number of piperidine rings is 1. The van der Waals surface area contributed by atoms with Crippen LogP contribution in [0.15, 0.2) is 24.3 Å². The van der Waals surface area contributed by atoms with Crippen molar-refractivity contribution in [2.45, 2.75) is 32.4 Å². The van der Waals surface area contributed by atoms with Crippen LogP contribution in [0.1, 0.15) is 24.8 Å². The number of hydrogen-bond acceptors (Lipinski definition) is 5. The highest BCUT2D eigenvalue weighted by atomic mass is 35.5. The third-order valence-corrected chi connectivity index (χ3v) is 6.38. The third-order valence-electron chi connectivity index (χ3n) is 5.35. The van der Waals surface area contributed by atoms with E-state index in [1.807, 2.05) is 6.07 Å². The molecule has 2 aliphatic heterocycles. The molecule has 1 aromatic heterocycles. The summed E-state index contributed by atoms with van der Waals surface area (Å²) in [6.45, 7) is 7.63. The second-order valence-corrected chi connectivity index (χ2v) is 8.37. The first kappa shape index (κ1) is 19.5. The molecule has 0 spiro atoms. The van der Waals surface area contributed by atoms with Crippen molar-refractivity contribution >= 4 is 39.9 Å². The molecule has 2 atom stereocenters. The first-order chi connectivity index (χ1) is 12.2. The minimum atomic E-state index is 0. The van der Waals surface area contributed by atoms with Gasteiger partial charge in [-0.05, 0) is 38.4 Å². The van der Waals surface area contributed by atoms with Crippen LogP contribution in [-0.4, -0.2) is 59.5 Å². The van der Waals surface area contributed by atoms with Crippen LogP contribution in [0.25, 0.3) is 10.2 Å². The smallest absolute Gasteiger partial charge is 0.225 e. The van der Waals surface area contributed by atoms with E-state index in [1.54, 1.807) is 11.3 Å². The minimum absolute atomic E-state index is 0. The lowest BCUT2D eigenvalue weighted by Crippen LogP contribution is -2.51. The molecule has 1 amide bonds. The molecule has 3 heterocycles. The molecule has 1 N–H and O–H groups in total. The monoisotopic (exact) mass is 394 g/mol. The highest BCUT2D eigenvalue weighted by Crippen LogP contribution is 2.24. The van der Waals surface area contributed by atoms with E-state index >= 15 is 0 Å². The summed E-state index contributed by atoms with van der Waals surface area (Å²) in [5.41, 5.74) is 1.09. The number of nitrogens with one attached hydrogen (secondary N) is 1. The van der Waals surface area contributed by atoms with Crippen molar-refractivity contribution in [3.63, 3.8) is 0 Å². The maximum absolute atomic E-state index is 12.8. The number of aromatic nitrogens is 1. The fourth-order valence-corrected chi connectivity index (χ4v) is 4.93. The first-order valence-corrected chi connectivity index (χ1v) is 10.1. The van der Waals surface area contributed by atoms with Crippen LogP contribution in [0.3, 0.4) is 0 Å². The number of halogens is 1. The Morgan fingerprint density at radius 2 is 2.04 bits per heavy atom. The fourth-order valence-electron chi connectivity index (χ4n) is 3.92. The minimum Gasteiger partial charge on any atom is -0.340 e. The summed E-state index contributed by atoms with van der Waals surface area (Å²) in [5.74, 6) is 0.583. The Bertz CT molecular complexity index is 711. The summed E-state index contributed by atoms with van der Waals surface area (Å²) >= 11 is 1.78. The van der Waals surface area contributed by atoms with Crippen molar-refractivity contribution < 1.29 is 4.79 Å². The molecule has 7 heteroatoms. The van der Waals surface area contributed by atoms with Crippen LogP contribution in [0, 0.1) is 5.92 Å². The second kappa shape index (κ2) is 8.65. The van der Waals surface area contributed by atoms with Gasteiger partial charge in [0.1, 0.15) is 5.01 Å². The van der Waals surface area contributed by atoms with Gasteiger partial charge in [-0.1, -0.05) is 12.1 Å². The number of fused-ring (bicyclic) bond motifs is 1. The summed E-state index contributed by atoms with van der Waals surface area (Å²) in [4.78, 5) is 22.0. The predicted molar refractivity (Wildman–Crippen MR) is 109 cm³/mol. The first-order valence-electron chi connectivity index (χ1n) is 9.28. The highest BCUT2D eigenvalue weighted by molar-refractivity contribution is 7.18. The zero-order chi connectivity index (χ0) is 17.2. The average molecular weight is 395 g/mol. The normalized spacial score (nSPS) is 24.4. The molecule has 0 aliphatic carbocycles. The van der Waals surface area contributed by atoms with Gasteiger partial charge in [-0.3, -0.25) is 9.69 Å². The van der Waals surface area contributed by atoms with Gasteiger partial charge in [-0.2, -0.15) is 0 Å². The number of benzene rings is 1. The van der Waals surface area contributed by atoms with Gasteiger partial charge in [0.05, 0.1) is 16.8 Å². The topological polar surface area (TPSA) is 48.5 Å². The molecule has 0 bridgehead atoms. The van der Waals surface area contributed by atoms with Gasteiger partial charge >= 0.3 is 0 Å². The predicted octanol–water partition coefficient (Wildman–Crippen LogP) is 2.75. The molecule has 142 valence electrons. The molecular weight excluding hydrogens is 368 g/mol. The Hall–Kier alpha value is -1.21. The second-order valence-electron chi connectivity index (χ2n) is 7.25. The van der Waals surface area contributed by atoms with Crippen molar-refractivity contribution in [3.05, 3.63) is 29.3 Å². The highest BCUT2D eigenvalue weighted by Gasteiger charge is 2.30. The van der Waals surface area contributed by atoms with Crippen LogP contribution in [0.2, 0.25) is 0 Å². The largest absolute Gasteiger partial charge is 0.340 e. The molecule has 2 aliphatic rings. The lowest BCUT2D eigenvalue weighted by Gasteiger charge is -2.37. The van der Waals surface area contributed by atoms with E-state index in [-0.39, 0.29) is 18.3 Å². The van der Waals surface area contributed by atoms with Gasteiger partial charge in [0, 0.05) is 38.1 Å². The summed E-state index contributed by atoms with van der Waals surface area (Å²) < 4.78 is 1.26. The Labute approximate surface area is 165 Å². The quantitative estimate of drug-likeness (QED) is 0.869. The lowest BCUT2D eigenvalue weighted by atomic mass is 9.92. The van der Waals surface area contributed by atoms with Crippen molar-refractivity contribution in [2.24, 2.45) is 5.92 Å². The standard InChI is InChI=1S/C19H26N4OS.ClH/c1-14-12-15(6-7-20-14)19(24)23-10-8-22(9-11-23)13-18-21-16-4-2-3-5-17(16)25-18;/h2-5,14-15,20H,6-13H2,1H3;1H/t14-,15-;/m0./s1. The number of piperazine rings is 1. The number of rotatable bonds is 3. The van der Waals surface area contributed by atoms with Crippen molar-refractivity contribution in [2.75, 3.05) is 32.7 Å². The lowest BCUT2D eigenvalue weighted by molar-refractivity contribution is -0.138. The van der Waals surface area contributed by atoms with Gasteiger partial charge in [0.15, 0.2) is 0 Å². The molecule has 1 aromatic carbocycles. The maximum Gasteiger partial charge on any atom is 0.225 e. The van der Waals surface area contributed by atoms with Gasteiger partial charge in [0.2, 0.25) is 5.91 Å². The Balaban J connectivity index is 0.00000196. The Morgan fingerprint density at radius 1 is 1.27 bits per heavy atom. The van der Waals surface area contributed by atoms with Crippen LogP contribution < -0.4 is 5.32 Å². The molecule has 5 nitrogen and oxygen atoms in total. The van der Waals surface area contributed by atoms with Gasteiger partial charge in [0.25, 0.3) is 0 Å². The molecule has 0 radical (unpaired) electrons. The molecule has 0 saturated carbocycles. The van der Waals surface area contributed by atoms with Crippen LogP contribution >= 0.6 is 23.7 Å². The number of thiazole rings is 1. The molecule has 26 heavy (non-hydrogen) atoms. The SMILES string of the molecule is C[C@H]1C[C@@H](C(=O)N2CCN(Cc3nc4ccccc4s3)CC2)CCN1.Cl. The summed E-state index contributed by atoms with van der Waals surface area (Å²) in [6, 6.07) is 8.77. The number of amides is 1. The van der Waals surface area contributed by atoms with E-state index in [0.717, 1.165) is 57.6 Å². The van der Waals surface area contributed by atoms with Gasteiger partial charge in [-0.25, -0.2) is 4.98 Å². The maximum atomic E-state index is 12.8. The van der Waals surface area contributed by atoms with E-state index in [1.165, 1.54) is 9.71 Å². The van der Waals surface area contributed by atoms with Gasteiger partial charge in [-0.15, -0.1) is 23.7 Å². The van der Waals surface area contributed by atoms with Crippen molar-refractivity contribution in [3.8, 4) is 0 Å². The molecule has 2 aromatic rings. The Morgan fingerprint density at radius 3 is 2.77 bits per heavy atom. The number of carbonyl (C=O) groups is 1. The third kappa shape index (κ3) is 4.36. The Kier molecular flexibility index (Phi) is 6.51. The zero-order valence-electron chi connectivity index (χ0n) is 15.2. The average Bonchev–Trinajstić information content (AvgIpc) is 3.04. The van der Waals surface area contributed by atoms with Crippen LogP contribution in [-0.2, 0) is 11.3 Å². The number of hydrogen-bond donors (Lipinski definition) is 1. The molecule has 0 unspecified atom stereocenters. The van der Waals surface area contributed by atoms with E-state index in [0.29, 0.717) is 11.9 Å². The molecular formula is C19H27ClN4OS. The molecule has 2 saturated heterocycles. The fraction of sp³-hybridized carbons (Fsp3) is 0.579. The number of carbonyl (C=O) groups excluding carboxylic acids is 1. The van der Waals surface area contributed by atoms with E-state index in [2.05, 4.69) is 40.2 Å². The zero-order valence-corrected chi connectivity index (χ0v) is 16.8. The van der Waals surface area contributed by atoms with Crippen molar-refractivity contribution in [1.82, 2.24) is 20.1 Å². The van der Waals surface area contributed by atoms with Crippen LogP contribution in [0.4, 0.5) is 0 Å². The van der Waals surface area contributed by atoms with Crippen LogP contribution in [0.5, 0.6) is 0 Å². The number of nitrogens with zero attached hydrogens (tertiary/aromatic N) is 3. The summed E-state index contributed by atoms with van der Waals surface area (Å²) in [6.07, 6.45) is 1.96. The van der Waals surface area contributed by atoms with E-state index in [9.17, 15) is 4.79 Å². The van der Waals surface area contributed by atoms with Crippen molar-refractivity contribution in [1.29, 1.82) is 0 Å². The summed E-state index contributed by atoms with van der Waals surface area (Å²) in [5, 5.41) is 4.60.